The number of nitrogens with zero attached hydrogens (tertiary/aromatic N) is 4. The highest BCUT2D eigenvalue weighted by Gasteiger charge is 2.27. The van der Waals surface area contributed by atoms with Crippen LogP contribution in [0.15, 0.2) is 58.8 Å². The van der Waals surface area contributed by atoms with Gasteiger partial charge in [0.1, 0.15) is 17.2 Å². The van der Waals surface area contributed by atoms with E-state index in [0.717, 1.165) is 22.6 Å². The smallest absolute Gasteiger partial charge is 0.336 e. The largest absolute Gasteiger partial charge is 0.478 e. The predicted octanol–water partition coefficient (Wildman–Crippen LogP) is 5.24. The molecule has 30 heavy (non-hydrogen) atoms. The van der Waals surface area contributed by atoms with Gasteiger partial charge in [0.2, 0.25) is 0 Å². The molecule has 6 nitrogen and oxygen atoms in total. The van der Waals surface area contributed by atoms with Crippen LogP contribution in [-0.4, -0.2) is 30.6 Å². The first-order chi connectivity index (χ1) is 14.4. The highest BCUT2D eigenvalue weighted by atomic mass is 32.1. The van der Waals surface area contributed by atoms with E-state index in [1.165, 1.54) is 0 Å². The third-order valence-corrected chi connectivity index (χ3v) is 5.46. The number of fused-ring (bicyclic) bond motifs is 1. The summed E-state index contributed by atoms with van der Waals surface area (Å²) in [5, 5.41) is 17.4. The van der Waals surface area contributed by atoms with Crippen molar-refractivity contribution in [1.29, 1.82) is 0 Å². The second-order valence-electron chi connectivity index (χ2n) is 7.27. The summed E-state index contributed by atoms with van der Waals surface area (Å²) in [5.41, 5.74) is 4.19. The molecule has 2 heterocycles. The lowest BCUT2D eigenvalue weighted by Gasteiger charge is -2.15. The number of thiocarbonyl (C=S) groups is 2. The average Bonchev–Trinajstić information content (AvgIpc) is 3.12. The van der Waals surface area contributed by atoms with Crippen LogP contribution in [0.3, 0.4) is 0 Å². The van der Waals surface area contributed by atoms with Crippen LogP contribution >= 0.6 is 24.4 Å². The van der Waals surface area contributed by atoms with Gasteiger partial charge in [0, 0.05) is 12.5 Å². The Balaban J connectivity index is 1.71. The van der Waals surface area contributed by atoms with E-state index in [1.54, 1.807) is 12.1 Å². The van der Waals surface area contributed by atoms with Gasteiger partial charge in [0.25, 0.3) is 0 Å². The zero-order valence-electron chi connectivity index (χ0n) is 16.4. The van der Waals surface area contributed by atoms with Crippen LogP contribution in [0.5, 0.6) is 0 Å². The number of aromatic nitrogens is 2. The number of carboxylic acids is 1. The van der Waals surface area contributed by atoms with E-state index >= 15 is 0 Å². The molecule has 1 aromatic heterocycles. The number of rotatable bonds is 5. The summed E-state index contributed by atoms with van der Waals surface area (Å²) in [6.45, 7) is 4.68. The molecular formula is C22H18N4O2S2. The molecule has 2 aromatic carbocycles. The number of carbonyl (C=O) groups is 1. The van der Waals surface area contributed by atoms with E-state index < -0.39 is 5.97 Å². The van der Waals surface area contributed by atoms with Crippen molar-refractivity contribution in [1.82, 2.24) is 9.55 Å². The van der Waals surface area contributed by atoms with E-state index in [0.29, 0.717) is 27.8 Å². The molecule has 0 fully saturated rings. The topological polar surface area (TPSA) is 79.8 Å². The molecule has 4 rings (SSSR count). The fraction of sp³-hybridized carbons (Fsp3) is 0.182. The fourth-order valence-corrected chi connectivity index (χ4v) is 3.95. The van der Waals surface area contributed by atoms with E-state index in [1.807, 2.05) is 41.0 Å². The molecule has 0 spiro atoms. The third-order valence-electron chi connectivity index (χ3n) is 4.91. The van der Waals surface area contributed by atoms with Crippen LogP contribution in [0.25, 0.3) is 11.1 Å². The Hall–Kier alpha value is -3.10. The molecule has 0 amide bonds. The first-order valence-electron chi connectivity index (χ1n) is 9.39. The van der Waals surface area contributed by atoms with Crippen molar-refractivity contribution in [2.24, 2.45) is 10.2 Å². The van der Waals surface area contributed by atoms with Gasteiger partial charge in [-0.3, -0.25) is 0 Å². The van der Waals surface area contributed by atoms with E-state index in [4.69, 9.17) is 24.4 Å². The Morgan fingerprint density at radius 3 is 2.37 bits per heavy atom. The fourth-order valence-electron chi connectivity index (χ4n) is 3.52. The van der Waals surface area contributed by atoms with Crippen molar-refractivity contribution < 1.29 is 9.90 Å². The Bertz CT molecular complexity index is 1210. The summed E-state index contributed by atoms with van der Waals surface area (Å²) in [4.78, 5) is 16.9. The monoisotopic (exact) mass is 434 g/mol. The van der Waals surface area contributed by atoms with Crippen LogP contribution in [-0.2, 0) is 6.54 Å². The summed E-state index contributed by atoms with van der Waals surface area (Å²) < 4.78 is 2.05. The first-order valence-corrected chi connectivity index (χ1v) is 10.2. The lowest BCUT2D eigenvalue weighted by atomic mass is 9.98. The molecule has 8 heteroatoms. The van der Waals surface area contributed by atoms with Crippen molar-refractivity contribution in [3.63, 3.8) is 0 Å². The van der Waals surface area contributed by atoms with Gasteiger partial charge in [-0.15, -0.1) is 10.2 Å². The lowest BCUT2D eigenvalue weighted by Crippen LogP contribution is -2.16. The molecular weight excluding hydrogens is 416 g/mol. The van der Waals surface area contributed by atoms with Gasteiger partial charge in [-0.2, -0.15) is 0 Å². The third kappa shape index (κ3) is 3.59. The number of hydrogen-bond donors (Lipinski definition) is 1. The number of aromatic carboxylic acids is 1. The Labute approximate surface area is 184 Å². The molecule has 1 aliphatic rings. The van der Waals surface area contributed by atoms with E-state index in [2.05, 4.69) is 29.1 Å². The average molecular weight is 435 g/mol. The maximum atomic E-state index is 11.5. The molecule has 0 atom stereocenters. The molecule has 0 bridgehead atoms. The van der Waals surface area contributed by atoms with E-state index in [9.17, 15) is 9.90 Å². The van der Waals surface area contributed by atoms with Crippen LogP contribution in [0, 0.1) is 0 Å². The Kier molecular flexibility index (Phi) is 5.36. The van der Waals surface area contributed by atoms with Gasteiger partial charge >= 0.3 is 5.97 Å². The van der Waals surface area contributed by atoms with Crippen molar-refractivity contribution >= 4 is 40.4 Å². The normalized spacial score (nSPS) is 13.0. The van der Waals surface area contributed by atoms with Gasteiger partial charge in [-0.05, 0) is 22.8 Å². The molecule has 150 valence electrons. The molecule has 1 N–H and O–H groups in total. The Morgan fingerprint density at radius 2 is 1.70 bits per heavy atom. The standard InChI is InChI=1S/C22H18N4O2S2/c1-12(2)19-23-17-18(21(30)25-24-20(17)29)26(19)11-13-7-9-14(10-8-13)15-5-3-4-6-16(15)22(27)28/h3-10,12H,11H2,1-2H3,(H,27,28). The van der Waals surface area contributed by atoms with Crippen molar-refractivity contribution in [2.45, 2.75) is 26.3 Å². The number of azo groups is 1. The highest BCUT2D eigenvalue weighted by Crippen LogP contribution is 2.27. The van der Waals surface area contributed by atoms with Crippen LogP contribution in [0.1, 0.15) is 52.9 Å². The number of imidazole rings is 1. The number of carboxylic acid groups (broad SMARTS) is 1. The number of hydrogen-bond acceptors (Lipinski definition) is 4. The second kappa shape index (κ2) is 7.97. The highest BCUT2D eigenvalue weighted by molar-refractivity contribution is 7.81. The van der Waals surface area contributed by atoms with Gasteiger partial charge in [-0.25, -0.2) is 9.78 Å². The molecule has 3 aromatic rings. The minimum Gasteiger partial charge on any atom is -0.478 e. The zero-order chi connectivity index (χ0) is 21.4. The minimum absolute atomic E-state index is 0.169. The van der Waals surface area contributed by atoms with Gasteiger partial charge in [-0.1, -0.05) is 80.7 Å². The van der Waals surface area contributed by atoms with Crippen LogP contribution < -0.4 is 0 Å². The van der Waals surface area contributed by atoms with Gasteiger partial charge in [0.05, 0.1) is 5.56 Å². The first kappa shape index (κ1) is 20.2. The predicted molar refractivity (Wildman–Crippen MR) is 123 cm³/mol. The summed E-state index contributed by atoms with van der Waals surface area (Å²) >= 11 is 10.7. The van der Waals surface area contributed by atoms with Crippen LogP contribution in [0.4, 0.5) is 0 Å². The molecule has 0 aliphatic carbocycles. The minimum atomic E-state index is -0.944. The maximum Gasteiger partial charge on any atom is 0.336 e. The molecule has 1 aliphatic heterocycles. The summed E-state index contributed by atoms with van der Waals surface area (Å²) in [6, 6.07) is 14.8. The zero-order valence-corrected chi connectivity index (χ0v) is 18.0. The Morgan fingerprint density at radius 1 is 1.03 bits per heavy atom. The molecule has 0 saturated heterocycles. The van der Waals surface area contributed by atoms with Crippen molar-refractivity contribution in [3.05, 3.63) is 76.9 Å². The van der Waals surface area contributed by atoms with Gasteiger partial charge in [0.15, 0.2) is 9.98 Å². The summed E-state index contributed by atoms with van der Waals surface area (Å²) in [7, 11) is 0. The molecule has 0 unspecified atom stereocenters. The summed E-state index contributed by atoms with van der Waals surface area (Å²) in [6.07, 6.45) is 0. The second-order valence-corrected chi connectivity index (χ2v) is 8.04. The SMILES string of the molecule is CC(C)c1nc2c(n1Cc1ccc(-c3ccccc3C(=O)O)cc1)C(=S)N=NC2=S. The quantitative estimate of drug-likeness (QED) is 0.556. The maximum absolute atomic E-state index is 11.5. The van der Waals surface area contributed by atoms with Gasteiger partial charge < -0.3 is 9.67 Å². The number of benzene rings is 2. The summed E-state index contributed by atoms with van der Waals surface area (Å²) in [5.74, 6) is 0.0974. The van der Waals surface area contributed by atoms with Crippen molar-refractivity contribution in [3.8, 4) is 11.1 Å². The molecule has 0 radical (unpaired) electrons. The lowest BCUT2D eigenvalue weighted by molar-refractivity contribution is 0.0697. The van der Waals surface area contributed by atoms with Crippen LogP contribution in [0.2, 0.25) is 0 Å². The molecule has 0 saturated carbocycles. The van der Waals surface area contributed by atoms with E-state index in [-0.39, 0.29) is 11.5 Å². The van der Waals surface area contributed by atoms with Crippen molar-refractivity contribution in [2.75, 3.05) is 0 Å².